The van der Waals surface area contributed by atoms with E-state index < -0.39 is 0 Å². The minimum absolute atomic E-state index is 0.828. The first-order valence-corrected chi connectivity index (χ1v) is 7.61. The minimum atomic E-state index is 0.828. The minimum Gasteiger partial charge on any atom is -0.314 e. The average molecular weight is 225 g/mol. The van der Waals surface area contributed by atoms with Crippen molar-refractivity contribution in [2.75, 3.05) is 6.54 Å². The molecule has 1 unspecified atom stereocenters. The highest BCUT2D eigenvalue weighted by molar-refractivity contribution is 4.80. The van der Waals surface area contributed by atoms with Crippen LogP contribution in [0.25, 0.3) is 0 Å². The number of hydrogen-bond acceptors (Lipinski definition) is 1. The fourth-order valence-electron chi connectivity index (χ4n) is 3.09. The second-order valence-electron chi connectivity index (χ2n) is 5.41. The van der Waals surface area contributed by atoms with E-state index in [-0.39, 0.29) is 0 Å². The molecule has 0 amide bonds. The van der Waals surface area contributed by atoms with Crippen molar-refractivity contribution in [3.05, 3.63) is 0 Å². The SMILES string of the molecule is CCCCCCCC(NCC)C1CCCC1. The first kappa shape index (κ1) is 14.0. The first-order chi connectivity index (χ1) is 7.88. The monoisotopic (exact) mass is 225 g/mol. The Morgan fingerprint density at radius 3 is 2.31 bits per heavy atom. The van der Waals surface area contributed by atoms with Crippen molar-refractivity contribution in [1.82, 2.24) is 5.32 Å². The summed E-state index contributed by atoms with van der Waals surface area (Å²) in [7, 11) is 0. The Bertz CT molecular complexity index is 150. The quantitative estimate of drug-likeness (QED) is 0.569. The summed E-state index contributed by atoms with van der Waals surface area (Å²) >= 11 is 0. The Hall–Kier alpha value is -0.0400. The summed E-state index contributed by atoms with van der Waals surface area (Å²) in [4.78, 5) is 0. The van der Waals surface area contributed by atoms with Gasteiger partial charge in [0.15, 0.2) is 0 Å². The van der Waals surface area contributed by atoms with Crippen molar-refractivity contribution in [3.8, 4) is 0 Å². The second-order valence-corrected chi connectivity index (χ2v) is 5.41. The topological polar surface area (TPSA) is 12.0 Å². The Balaban J connectivity index is 2.12. The maximum atomic E-state index is 3.72. The van der Waals surface area contributed by atoms with Crippen molar-refractivity contribution in [2.24, 2.45) is 5.92 Å². The van der Waals surface area contributed by atoms with Crippen LogP contribution in [0.1, 0.15) is 78.1 Å². The molecule has 1 N–H and O–H groups in total. The molecule has 0 aliphatic heterocycles. The Morgan fingerprint density at radius 1 is 1.00 bits per heavy atom. The lowest BCUT2D eigenvalue weighted by atomic mass is 9.93. The molecule has 1 fully saturated rings. The van der Waals surface area contributed by atoms with Gasteiger partial charge < -0.3 is 5.32 Å². The summed E-state index contributed by atoms with van der Waals surface area (Å²) in [6.07, 6.45) is 14.4. The zero-order valence-corrected chi connectivity index (χ0v) is 11.4. The van der Waals surface area contributed by atoms with E-state index in [0.29, 0.717) is 0 Å². The van der Waals surface area contributed by atoms with Crippen LogP contribution in [-0.2, 0) is 0 Å². The maximum absolute atomic E-state index is 3.72. The van der Waals surface area contributed by atoms with Crippen LogP contribution >= 0.6 is 0 Å². The first-order valence-electron chi connectivity index (χ1n) is 7.61. The normalized spacial score (nSPS) is 19.1. The van der Waals surface area contributed by atoms with E-state index in [0.717, 1.165) is 18.5 Å². The molecule has 0 spiro atoms. The standard InChI is InChI=1S/C15H31N/c1-3-5-6-7-8-13-15(16-4-2)14-11-9-10-12-14/h14-16H,3-13H2,1-2H3. The van der Waals surface area contributed by atoms with E-state index in [1.165, 1.54) is 64.2 Å². The Kier molecular flexibility index (Phi) is 7.92. The average Bonchev–Trinajstić information content (AvgIpc) is 2.81. The van der Waals surface area contributed by atoms with Crippen molar-refractivity contribution in [3.63, 3.8) is 0 Å². The molecule has 1 saturated carbocycles. The van der Waals surface area contributed by atoms with Crippen LogP contribution in [-0.4, -0.2) is 12.6 Å². The molecule has 1 nitrogen and oxygen atoms in total. The van der Waals surface area contributed by atoms with Gasteiger partial charge in [0.2, 0.25) is 0 Å². The van der Waals surface area contributed by atoms with Crippen molar-refractivity contribution < 1.29 is 0 Å². The molecule has 0 radical (unpaired) electrons. The summed E-state index contributed by atoms with van der Waals surface area (Å²) in [5, 5.41) is 3.72. The van der Waals surface area contributed by atoms with Crippen molar-refractivity contribution in [1.29, 1.82) is 0 Å². The van der Waals surface area contributed by atoms with Crippen LogP contribution in [0, 0.1) is 5.92 Å². The molecule has 0 aromatic heterocycles. The van der Waals surface area contributed by atoms with E-state index in [1.54, 1.807) is 0 Å². The summed E-state index contributed by atoms with van der Waals surface area (Å²) in [6.45, 7) is 5.69. The van der Waals surface area contributed by atoms with E-state index in [4.69, 9.17) is 0 Å². The smallest absolute Gasteiger partial charge is 0.00952 e. The summed E-state index contributed by atoms with van der Waals surface area (Å²) in [5.41, 5.74) is 0. The molecule has 1 aliphatic carbocycles. The Morgan fingerprint density at radius 2 is 1.69 bits per heavy atom. The predicted octanol–water partition coefficient (Wildman–Crippen LogP) is 4.52. The molecule has 16 heavy (non-hydrogen) atoms. The number of rotatable bonds is 9. The summed E-state index contributed by atoms with van der Waals surface area (Å²) in [6, 6.07) is 0.828. The van der Waals surface area contributed by atoms with Gasteiger partial charge in [0.05, 0.1) is 0 Å². The van der Waals surface area contributed by atoms with Crippen LogP contribution in [0.15, 0.2) is 0 Å². The molecule has 0 saturated heterocycles. The summed E-state index contributed by atoms with van der Waals surface area (Å²) < 4.78 is 0. The van der Waals surface area contributed by atoms with Crippen LogP contribution < -0.4 is 5.32 Å². The molecule has 0 aromatic rings. The van der Waals surface area contributed by atoms with Crippen LogP contribution in [0.4, 0.5) is 0 Å². The van der Waals surface area contributed by atoms with Crippen LogP contribution in [0.2, 0.25) is 0 Å². The van der Waals surface area contributed by atoms with Gasteiger partial charge in [0.1, 0.15) is 0 Å². The van der Waals surface area contributed by atoms with E-state index in [9.17, 15) is 0 Å². The van der Waals surface area contributed by atoms with Gasteiger partial charge in [-0.3, -0.25) is 0 Å². The maximum Gasteiger partial charge on any atom is 0.00952 e. The van der Waals surface area contributed by atoms with Crippen molar-refractivity contribution >= 4 is 0 Å². The van der Waals surface area contributed by atoms with E-state index in [1.807, 2.05) is 0 Å². The molecule has 0 bridgehead atoms. The van der Waals surface area contributed by atoms with Gasteiger partial charge in [-0.25, -0.2) is 0 Å². The molecule has 0 aromatic carbocycles. The molecular formula is C15H31N. The molecule has 1 rings (SSSR count). The zero-order valence-electron chi connectivity index (χ0n) is 11.4. The van der Waals surface area contributed by atoms with E-state index in [2.05, 4.69) is 19.2 Å². The van der Waals surface area contributed by atoms with Crippen LogP contribution in [0.3, 0.4) is 0 Å². The molecule has 0 heterocycles. The van der Waals surface area contributed by atoms with Gasteiger partial charge in [-0.05, 0) is 31.7 Å². The van der Waals surface area contributed by atoms with E-state index >= 15 is 0 Å². The van der Waals surface area contributed by atoms with Gasteiger partial charge in [-0.2, -0.15) is 0 Å². The lowest BCUT2D eigenvalue weighted by molar-refractivity contribution is 0.335. The fraction of sp³-hybridized carbons (Fsp3) is 1.00. The van der Waals surface area contributed by atoms with Gasteiger partial charge >= 0.3 is 0 Å². The predicted molar refractivity (Wildman–Crippen MR) is 72.8 cm³/mol. The van der Waals surface area contributed by atoms with Gasteiger partial charge in [-0.15, -0.1) is 0 Å². The highest BCUT2D eigenvalue weighted by Crippen LogP contribution is 2.29. The van der Waals surface area contributed by atoms with Gasteiger partial charge in [-0.1, -0.05) is 58.8 Å². The lowest BCUT2D eigenvalue weighted by Gasteiger charge is -2.24. The van der Waals surface area contributed by atoms with Crippen LogP contribution in [0.5, 0.6) is 0 Å². The molecule has 1 aliphatic rings. The molecular weight excluding hydrogens is 194 g/mol. The zero-order chi connectivity index (χ0) is 11.6. The number of unbranched alkanes of at least 4 members (excludes halogenated alkanes) is 4. The lowest BCUT2D eigenvalue weighted by Crippen LogP contribution is -2.34. The number of nitrogens with one attached hydrogen (secondary N) is 1. The molecule has 96 valence electrons. The largest absolute Gasteiger partial charge is 0.314 e. The second kappa shape index (κ2) is 9.04. The Labute approximate surface area is 102 Å². The highest BCUT2D eigenvalue weighted by atomic mass is 14.9. The number of hydrogen-bond donors (Lipinski definition) is 1. The third-order valence-electron chi connectivity index (χ3n) is 4.05. The third-order valence-corrected chi connectivity index (χ3v) is 4.05. The molecule has 1 atom stereocenters. The van der Waals surface area contributed by atoms with Crippen molar-refractivity contribution in [2.45, 2.75) is 84.1 Å². The highest BCUT2D eigenvalue weighted by Gasteiger charge is 2.23. The molecule has 1 heteroatoms. The van der Waals surface area contributed by atoms with Gasteiger partial charge in [0.25, 0.3) is 0 Å². The van der Waals surface area contributed by atoms with Gasteiger partial charge in [0, 0.05) is 6.04 Å². The summed E-state index contributed by atoms with van der Waals surface area (Å²) in [5.74, 6) is 0.992. The fourth-order valence-corrected chi connectivity index (χ4v) is 3.09. The third kappa shape index (κ3) is 5.34.